The highest BCUT2D eigenvalue weighted by Gasteiger charge is 2.36. The van der Waals surface area contributed by atoms with E-state index >= 15 is 0 Å². The Labute approximate surface area is 158 Å². The van der Waals surface area contributed by atoms with Crippen molar-refractivity contribution in [2.45, 2.75) is 43.8 Å². The van der Waals surface area contributed by atoms with Gasteiger partial charge in [0.15, 0.2) is 0 Å². The van der Waals surface area contributed by atoms with Crippen LogP contribution in [-0.4, -0.2) is 78.5 Å². The molecule has 7 N–H and O–H groups in total. The second-order valence-corrected chi connectivity index (χ2v) is 6.40. The summed E-state index contributed by atoms with van der Waals surface area (Å²) in [6.45, 7) is 0.250. The van der Waals surface area contributed by atoms with Crippen molar-refractivity contribution in [3.8, 4) is 0 Å². The Balaban J connectivity index is 2.29. The van der Waals surface area contributed by atoms with Crippen LogP contribution in [0.4, 0.5) is 4.39 Å². The van der Waals surface area contributed by atoms with Crippen molar-refractivity contribution >= 4 is 16.9 Å². The maximum Gasteiger partial charge on any atom is 0.270 e. The molecule has 5 atom stereocenters. The Morgan fingerprint density at radius 1 is 1.21 bits per heavy atom. The summed E-state index contributed by atoms with van der Waals surface area (Å²) in [5.41, 5.74) is -0.436. The molecule has 0 radical (unpaired) electrons. The Morgan fingerprint density at radius 3 is 2.50 bits per heavy atom. The van der Waals surface area contributed by atoms with Crippen LogP contribution in [0.25, 0.3) is 11.0 Å². The molecule has 1 heterocycles. The molecule has 11 heteroatoms. The molecule has 0 spiro atoms. The predicted octanol–water partition coefficient (Wildman–Crippen LogP) is -2.45. The molecular formula is C17H22FN3O7. The van der Waals surface area contributed by atoms with Gasteiger partial charge < -0.3 is 35.8 Å². The molecule has 0 fully saturated rings. The Bertz CT molecular complexity index is 891. The number of rotatable bonds is 8. The summed E-state index contributed by atoms with van der Waals surface area (Å²) < 4.78 is 13.2. The number of benzene rings is 1. The first-order valence-corrected chi connectivity index (χ1v) is 8.42. The Morgan fingerprint density at radius 2 is 1.89 bits per heavy atom. The van der Waals surface area contributed by atoms with Gasteiger partial charge in [0.2, 0.25) is 5.91 Å². The molecule has 2 aromatic rings. The number of hydrogen-bond acceptors (Lipinski definition) is 8. The highest BCUT2D eigenvalue weighted by atomic mass is 19.1. The van der Waals surface area contributed by atoms with Crippen molar-refractivity contribution in [1.82, 2.24) is 15.3 Å². The van der Waals surface area contributed by atoms with Gasteiger partial charge in [-0.1, -0.05) is 0 Å². The van der Waals surface area contributed by atoms with E-state index in [-0.39, 0.29) is 16.7 Å². The first kappa shape index (κ1) is 21.9. The fourth-order valence-electron chi connectivity index (χ4n) is 2.75. The van der Waals surface area contributed by atoms with Crippen LogP contribution in [0, 0.1) is 5.82 Å². The number of H-pyrrole nitrogens is 1. The molecule has 154 valence electrons. The molecule has 0 aliphatic heterocycles. The monoisotopic (exact) mass is 399 g/mol. The summed E-state index contributed by atoms with van der Waals surface area (Å²) in [7, 11) is 0. The number of nitrogens with zero attached hydrogens (tertiary/aromatic N) is 1. The average Bonchev–Trinajstić information content (AvgIpc) is 2.64. The lowest BCUT2D eigenvalue weighted by molar-refractivity contribution is -0.127. The quantitative estimate of drug-likeness (QED) is 0.256. The first-order valence-electron chi connectivity index (χ1n) is 8.42. The zero-order valence-corrected chi connectivity index (χ0v) is 14.9. The van der Waals surface area contributed by atoms with E-state index in [1.54, 1.807) is 0 Å². The van der Waals surface area contributed by atoms with Crippen LogP contribution in [0.3, 0.4) is 0 Å². The molecule has 1 aromatic carbocycles. The lowest BCUT2D eigenvalue weighted by Crippen LogP contribution is -2.57. The molecule has 2 rings (SSSR count). The van der Waals surface area contributed by atoms with E-state index in [4.69, 9.17) is 5.11 Å². The molecule has 10 nitrogen and oxygen atoms in total. The minimum atomic E-state index is -1.87. The molecule has 1 aromatic heterocycles. The summed E-state index contributed by atoms with van der Waals surface area (Å²) in [4.78, 5) is 30.0. The van der Waals surface area contributed by atoms with Crippen LogP contribution < -0.4 is 10.9 Å². The molecule has 0 aliphatic rings. The van der Waals surface area contributed by atoms with Gasteiger partial charge in [-0.25, -0.2) is 9.37 Å². The number of carbonyl (C=O) groups is 1. The fourth-order valence-corrected chi connectivity index (χ4v) is 2.75. The molecule has 28 heavy (non-hydrogen) atoms. The maximum absolute atomic E-state index is 13.2. The molecule has 0 saturated carbocycles. The van der Waals surface area contributed by atoms with Crippen LogP contribution in [0.5, 0.6) is 0 Å². The van der Waals surface area contributed by atoms with E-state index in [2.05, 4.69) is 15.3 Å². The number of aromatic amines is 1. The van der Waals surface area contributed by atoms with E-state index in [9.17, 15) is 34.4 Å². The predicted molar refractivity (Wildman–Crippen MR) is 94.7 cm³/mol. The number of halogens is 1. The van der Waals surface area contributed by atoms with E-state index in [1.807, 2.05) is 0 Å². The minimum Gasteiger partial charge on any atom is -0.394 e. The summed E-state index contributed by atoms with van der Waals surface area (Å²) in [5, 5.41) is 51.1. The van der Waals surface area contributed by atoms with Crippen molar-refractivity contribution in [2.24, 2.45) is 0 Å². The second-order valence-electron chi connectivity index (χ2n) is 6.40. The SMILES string of the molecule is CC(=O)N[C@@H]([C@@H](O)[C@@H](O)[C@H](O)CO)[C@H](O)Cc1nc2ccc(F)cc2[nH]c1=O. The highest BCUT2D eigenvalue weighted by Crippen LogP contribution is 2.14. The third-order valence-electron chi connectivity index (χ3n) is 4.21. The van der Waals surface area contributed by atoms with Crippen molar-refractivity contribution in [2.75, 3.05) is 6.61 Å². The number of aromatic nitrogens is 2. The van der Waals surface area contributed by atoms with E-state index in [1.165, 1.54) is 6.07 Å². The van der Waals surface area contributed by atoms with Crippen LogP contribution >= 0.6 is 0 Å². The molecule has 0 saturated heterocycles. The third-order valence-corrected chi connectivity index (χ3v) is 4.21. The number of aliphatic hydroxyl groups excluding tert-OH is 5. The zero-order valence-electron chi connectivity index (χ0n) is 14.9. The standard InChI is InChI=1S/C17H22FN3O7/c1-7(23)19-14(16(27)15(26)13(25)6-22)12(24)5-11-17(28)21-10-4-8(18)2-3-9(10)20-11/h2-4,12-16,22,24-27H,5-6H2,1H3,(H,19,23)(H,21,28)/t12-,13-,14-,15+,16-/m1/s1. The van der Waals surface area contributed by atoms with Gasteiger partial charge in [0.05, 0.1) is 29.8 Å². The van der Waals surface area contributed by atoms with Crippen molar-refractivity contribution in [3.63, 3.8) is 0 Å². The van der Waals surface area contributed by atoms with Gasteiger partial charge in [-0.15, -0.1) is 0 Å². The molecule has 0 bridgehead atoms. The number of fused-ring (bicyclic) bond motifs is 1. The lowest BCUT2D eigenvalue weighted by Gasteiger charge is -2.32. The molecule has 1 amide bonds. The fraction of sp³-hybridized carbons (Fsp3) is 0.471. The van der Waals surface area contributed by atoms with Crippen molar-refractivity contribution in [3.05, 3.63) is 40.1 Å². The van der Waals surface area contributed by atoms with Gasteiger partial charge in [-0.2, -0.15) is 0 Å². The van der Waals surface area contributed by atoms with Gasteiger partial charge in [-0.05, 0) is 18.2 Å². The van der Waals surface area contributed by atoms with Gasteiger partial charge in [0.25, 0.3) is 5.56 Å². The van der Waals surface area contributed by atoms with Crippen molar-refractivity contribution < 1.29 is 34.7 Å². The highest BCUT2D eigenvalue weighted by molar-refractivity contribution is 5.74. The first-order chi connectivity index (χ1) is 13.1. The van der Waals surface area contributed by atoms with Gasteiger partial charge in [-0.3, -0.25) is 9.59 Å². The summed E-state index contributed by atoms with van der Waals surface area (Å²) in [6, 6.07) is 2.09. The maximum atomic E-state index is 13.2. The Kier molecular flexibility index (Phi) is 7.16. The zero-order chi connectivity index (χ0) is 21.0. The van der Waals surface area contributed by atoms with Crippen LogP contribution in [0.1, 0.15) is 12.6 Å². The summed E-state index contributed by atoms with van der Waals surface area (Å²) in [6.07, 6.45) is -7.44. The van der Waals surface area contributed by atoms with E-state index in [0.717, 1.165) is 19.1 Å². The lowest BCUT2D eigenvalue weighted by atomic mass is 9.94. The summed E-state index contributed by atoms with van der Waals surface area (Å²) >= 11 is 0. The normalized spacial score (nSPS) is 17.0. The van der Waals surface area contributed by atoms with Crippen LogP contribution in [0.2, 0.25) is 0 Å². The van der Waals surface area contributed by atoms with Gasteiger partial charge in [0, 0.05) is 13.3 Å². The number of nitrogens with one attached hydrogen (secondary N) is 2. The third kappa shape index (κ3) is 5.09. The second kappa shape index (κ2) is 9.17. The smallest absolute Gasteiger partial charge is 0.270 e. The van der Waals surface area contributed by atoms with Crippen LogP contribution in [-0.2, 0) is 11.2 Å². The molecule has 0 aliphatic carbocycles. The number of carbonyl (C=O) groups excluding carboxylic acids is 1. The van der Waals surface area contributed by atoms with Crippen molar-refractivity contribution in [1.29, 1.82) is 0 Å². The Hall–Kier alpha value is -2.44. The number of aliphatic hydroxyl groups is 5. The number of hydrogen-bond donors (Lipinski definition) is 7. The minimum absolute atomic E-state index is 0.147. The van der Waals surface area contributed by atoms with Crippen LogP contribution in [0.15, 0.2) is 23.0 Å². The molecule has 0 unspecified atom stereocenters. The summed E-state index contributed by atoms with van der Waals surface area (Å²) in [5.74, 6) is -1.22. The van der Waals surface area contributed by atoms with E-state index in [0.29, 0.717) is 0 Å². The number of amides is 1. The largest absolute Gasteiger partial charge is 0.394 e. The molecular weight excluding hydrogens is 377 g/mol. The average molecular weight is 399 g/mol. The van der Waals surface area contributed by atoms with Gasteiger partial charge in [0.1, 0.15) is 29.8 Å². The van der Waals surface area contributed by atoms with E-state index < -0.39 is 60.8 Å². The van der Waals surface area contributed by atoms with Gasteiger partial charge >= 0.3 is 0 Å². The topological polar surface area (TPSA) is 176 Å².